The number of carbonyl (C=O) groups excluding carboxylic acids is 1. The van der Waals surface area contributed by atoms with Crippen molar-refractivity contribution in [3.8, 4) is 11.5 Å². The highest BCUT2D eigenvalue weighted by atomic mass is 28.3. The second kappa shape index (κ2) is 10.4. The number of rotatable bonds is 7. The van der Waals surface area contributed by atoms with Crippen molar-refractivity contribution in [1.82, 2.24) is 0 Å². The Morgan fingerprint density at radius 2 is 1.37 bits per heavy atom. The minimum Gasteiger partial charge on any atom is -0.497 e. The molecule has 0 heterocycles. The average Bonchev–Trinajstić information content (AvgIpc) is 2.71. The van der Waals surface area contributed by atoms with Crippen LogP contribution in [0.3, 0.4) is 0 Å². The number of hydrogen-bond donors (Lipinski definition) is 0. The first-order chi connectivity index (χ1) is 15.9. The topological polar surface area (TPSA) is 35.5 Å². The van der Waals surface area contributed by atoms with Crippen LogP contribution in [0.4, 0.5) is 13.2 Å². The molecule has 0 spiro atoms. The molecule has 0 bridgehead atoms. The Morgan fingerprint density at radius 3 is 1.77 bits per heavy atom. The summed E-state index contributed by atoms with van der Waals surface area (Å²) < 4.78 is 51.1. The van der Waals surface area contributed by atoms with Gasteiger partial charge in [0.05, 0.1) is 11.8 Å². The molecule has 0 saturated heterocycles. The van der Waals surface area contributed by atoms with E-state index < -0.39 is 19.8 Å². The van der Waals surface area contributed by atoms with Crippen LogP contribution >= 0.6 is 0 Å². The Kier molecular flexibility index (Phi) is 8.58. The lowest BCUT2D eigenvalue weighted by Crippen LogP contribution is -2.47. The zero-order valence-corrected chi connectivity index (χ0v) is 23.4. The van der Waals surface area contributed by atoms with E-state index in [1.807, 2.05) is 19.1 Å². The molecule has 2 aromatic rings. The van der Waals surface area contributed by atoms with Crippen LogP contribution in [0.15, 0.2) is 36.4 Å². The van der Waals surface area contributed by atoms with Crippen molar-refractivity contribution in [2.45, 2.75) is 91.4 Å². The molecule has 0 aromatic heterocycles. The molecule has 0 unspecified atom stereocenters. The Hall–Kier alpha value is -2.28. The summed E-state index contributed by atoms with van der Waals surface area (Å²) in [7, 11) is -2.20. The molecule has 0 saturated carbocycles. The second-order valence-electron chi connectivity index (χ2n) is 11.8. The van der Waals surface area contributed by atoms with Gasteiger partial charge in [0, 0.05) is 17.5 Å². The van der Waals surface area contributed by atoms with E-state index in [0.29, 0.717) is 30.6 Å². The molecule has 0 amide bonds. The average molecular weight is 509 g/mol. The van der Waals surface area contributed by atoms with Crippen molar-refractivity contribution < 1.29 is 27.4 Å². The summed E-state index contributed by atoms with van der Waals surface area (Å²) in [5, 5.41) is 0.891. The molecule has 0 N–H and O–H groups in total. The first-order valence-electron chi connectivity index (χ1n) is 12.1. The molecular formula is C28H39F3O3Si. The van der Waals surface area contributed by atoms with Crippen molar-refractivity contribution in [1.29, 1.82) is 0 Å². The molecule has 194 valence electrons. The molecule has 0 radical (unpaired) electrons. The number of halogens is 3. The lowest BCUT2D eigenvalue weighted by molar-refractivity contribution is -0.137. The minimum absolute atomic E-state index is 0.256. The predicted octanol–water partition coefficient (Wildman–Crippen LogP) is 7.54. The minimum atomic E-state index is -4.35. The second-order valence-corrected chi connectivity index (χ2v) is 16.5. The zero-order valence-electron chi connectivity index (χ0n) is 22.4. The van der Waals surface area contributed by atoms with Crippen molar-refractivity contribution >= 4 is 19.2 Å². The van der Waals surface area contributed by atoms with Crippen LogP contribution in [0.5, 0.6) is 11.5 Å². The van der Waals surface area contributed by atoms with Crippen molar-refractivity contribution in [2.24, 2.45) is 0 Å². The maximum Gasteiger partial charge on any atom is 0.416 e. The molecule has 0 aliphatic heterocycles. The fourth-order valence-electron chi connectivity index (χ4n) is 3.74. The van der Waals surface area contributed by atoms with Crippen LogP contribution in [-0.2, 0) is 21.8 Å². The predicted molar refractivity (Wildman–Crippen MR) is 138 cm³/mol. The van der Waals surface area contributed by atoms with Crippen LogP contribution < -0.4 is 14.7 Å². The summed E-state index contributed by atoms with van der Waals surface area (Å²) >= 11 is 0. The van der Waals surface area contributed by atoms with Gasteiger partial charge in [-0.1, -0.05) is 91.0 Å². The third-order valence-corrected chi connectivity index (χ3v) is 8.70. The first kappa shape index (κ1) is 29.0. The van der Waals surface area contributed by atoms with Gasteiger partial charge in [-0.15, -0.1) is 0 Å². The number of alkyl halides is 3. The number of benzene rings is 2. The lowest BCUT2D eigenvalue weighted by atomic mass is 9.79. The van der Waals surface area contributed by atoms with Gasteiger partial charge < -0.3 is 9.47 Å². The van der Waals surface area contributed by atoms with Gasteiger partial charge in [-0.05, 0) is 29.4 Å². The van der Waals surface area contributed by atoms with Gasteiger partial charge in [0.15, 0.2) is 0 Å². The third kappa shape index (κ3) is 7.60. The van der Waals surface area contributed by atoms with E-state index in [4.69, 9.17) is 9.47 Å². The molecule has 2 aromatic carbocycles. The van der Waals surface area contributed by atoms with Crippen LogP contribution in [0.25, 0.3) is 0 Å². The van der Waals surface area contributed by atoms with Gasteiger partial charge in [-0.25, -0.2) is 0 Å². The summed E-state index contributed by atoms with van der Waals surface area (Å²) in [6.45, 7) is 18.5. The highest BCUT2D eigenvalue weighted by molar-refractivity contribution is 6.89. The fourth-order valence-corrected chi connectivity index (χ4v) is 5.50. The van der Waals surface area contributed by atoms with Crippen molar-refractivity contribution in [3.05, 3.63) is 53.1 Å². The maximum atomic E-state index is 13.0. The molecule has 0 atom stereocenters. The van der Waals surface area contributed by atoms with Crippen LogP contribution in [0.2, 0.25) is 13.1 Å². The summed E-state index contributed by atoms with van der Waals surface area (Å²) in [4.78, 5) is 12.4. The van der Waals surface area contributed by atoms with E-state index in [9.17, 15) is 18.0 Å². The van der Waals surface area contributed by atoms with E-state index >= 15 is 0 Å². The zero-order chi connectivity index (χ0) is 26.8. The van der Waals surface area contributed by atoms with Crippen LogP contribution in [0.1, 0.15) is 78.0 Å². The molecule has 2 rings (SSSR count). The molecule has 35 heavy (non-hydrogen) atoms. The van der Waals surface area contributed by atoms with Gasteiger partial charge in [-0.2, -0.15) is 13.2 Å². The molecule has 0 aliphatic rings. The van der Waals surface area contributed by atoms with Gasteiger partial charge in [0.25, 0.3) is 0 Å². The van der Waals surface area contributed by atoms with E-state index in [1.54, 1.807) is 12.1 Å². The van der Waals surface area contributed by atoms with E-state index in [0.717, 1.165) is 28.4 Å². The van der Waals surface area contributed by atoms with Crippen LogP contribution in [0, 0.1) is 0 Å². The van der Waals surface area contributed by atoms with Crippen LogP contribution in [-0.4, -0.2) is 20.3 Å². The number of ether oxygens (including phenoxy) is 2. The number of esters is 1. The highest BCUT2D eigenvalue weighted by Crippen LogP contribution is 2.43. The Morgan fingerprint density at radius 1 is 0.886 bits per heavy atom. The van der Waals surface area contributed by atoms with Crippen molar-refractivity contribution in [2.75, 3.05) is 6.23 Å². The monoisotopic (exact) mass is 508 g/mol. The Labute approximate surface area is 209 Å². The lowest BCUT2D eigenvalue weighted by Gasteiger charge is -2.31. The van der Waals surface area contributed by atoms with E-state index in [1.165, 1.54) is 0 Å². The quantitative estimate of drug-likeness (QED) is 0.220. The van der Waals surface area contributed by atoms with Gasteiger partial charge in [0.1, 0.15) is 19.6 Å². The Balaban J connectivity index is 2.44. The summed E-state index contributed by atoms with van der Waals surface area (Å²) in [5.41, 5.74) is 0.518. The third-order valence-electron chi connectivity index (χ3n) is 5.94. The molecular weight excluding hydrogens is 469 g/mol. The summed E-state index contributed by atoms with van der Waals surface area (Å²) in [5.74, 6) is 1.01. The summed E-state index contributed by atoms with van der Waals surface area (Å²) in [6.07, 6.45) is -2.89. The molecule has 3 nitrogen and oxygen atoms in total. The van der Waals surface area contributed by atoms with Gasteiger partial charge in [0.2, 0.25) is 0 Å². The van der Waals surface area contributed by atoms with Crippen molar-refractivity contribution in [3.63, 3.8) is 0 Å². The molecule has 7 heteroatoms. The van der Waals surface area contributed by atoms with Gasteiger partial charge >= 0.3 is 12.1 Å². The van der Waals surface area contributed by atoms with E-state index in [2.05, 4.69) is 54.6 Å². The van der Waals surface area contributed by atoms with Gasteiger partial charge in [-0.3, -0.25) is 4.79 Å². The molecule has 0 aliphatic carbocycles. The number of hydrogen-bond acceptors (Lipinski definition) is 3. The highest BCUT2D eigenvalue weighted by Gasteiger charge is 2.33. The smallest absolute Gasteiger partial charge is 0.416 e. The maximum absolute atomic E-state index is 13.0. The number of carbonyl (C=O) groups is 1. The standard InChI is InChI=1S/C28H39F3O3Si/c1-10-11-24(32)34-25-22(26(2,3)4)16-20(17-23(25)27(5,6)7)33-18-35(8,9)21-14-12-19(13-15-21)28(29,30)31/h12-17H,10-11,18H2,1-9H3. The van der Waals surface area contributed by atoms with E-state index in [-0.39, 0.29) is 16.8 Å². The molecule has 0 fully saturated rings. The Bertz CT molecular complexity index is 992. The fraction of sp³-hybridized carbons (Fsp3) is 0.536. The summed E-state index contributed by atoms with van der Waals surface area (Å²) in [6, 6.07) is 9.27. The largest absolute Gasteiger partial charge is 0.497 e. The first-order valence-corrected chi connectivity index (χ1v) is 15.3. The normalized spacial score (nSPS) is 13.0. The SMILES string of the molecule is CCCC(=O)Oc1c(C(C)(C)C)cc(OC[Si](C)(C)c2ccc(C(F)(F)F)cc2)cc1C(C)(C)C.